The molecule has 0 saturated carbocycles. The van der Waals surface area contributed by atoms with Crippen LogP contribution in [-0.4, -0.2) is 17.9 Å². The number of carbonyl (C=O) groups is 1. The lowest BCUT2D eigenvalue weighted by atomic mass is 10.1. The second-order valence-corrected chi connectivity index (χ2v) is 5.35. The van der Waals surface area contributed by atoms with E-state index in [0.717, 1.165) is 11.1 Å². The topological polar surface area (TPSA) is 58.4 Å². The summed E-state index contributed by atoms with van der Waals surface area (Å²) >= 11 is 6.13. The second-order valence-electron chi connectivity index (χ2n) is 4.95. The van der Waals surface area contributed by atoms with E-state index < -0.39 is 0 Å². The fourth-order valence-corrected chi connectivity index (χ4v) is 2.32. The zero-order valence-corrected chi connectivity index (χ0v) is 12.8. The third-order valence-corrected chi connectivity index (χ3v) is 3.64. The molecule has 0 aliphatic rings. The number of nitrogens with one attached hydrogen (secondary N) is 1. The van der Waals surface area contributed by atoms with Crippen molar-refractivity contribution in [2.45, 2.75) is 13.5 Å². The highest BCUT2D eigenvalue weighted by molar-refractivity contribution is 6.31. The lowest BCUT2D eigenvalue weighted by Crippen LogP contribution is -2.27. The molecule has 0 atom stereocenters. The maximum absolute atomic E-state index is 12.5. The summed E-state index contributed by atoms with van der Waals surface area (Å²) in [4.78, 5) is 14.2. The van der Waals surface area contributed by atoms with Crippen molar-refractivity contribution < 1.29 is 4.79 Å². The highest BCUT2D eigenvalue weighted by Gasteiger charge is 2.16. The number of amides is 1. The molecule has 0 bridgehead atoms. The summed E-state index contributed by atoms with van der Waals surface area (Å²) in [6, 6.07) is 13.0. The molecule has 0 aliphatic carbocycles. The van der Waals surface area contributed by atoms with Gasteiger partial charge in [0.2, 0.25) is 0 Å². The maximum atomic E-state index is 12.5. The van der Waals surface area contributed by atoms with Gasteiger partial charge in [0.1, 0.15) is 0 Å². The fraction of sp³-hybridized carbons (Fsp3) is 0.188. The number of nitrogen functional groups attached to an aromatic ring is 1. The summed E-state index contributed by atoms with van der Waals surface area (Å²) in [6.07, 6.45) is 0. The molecular weight excluding hydrogens is 286 g/mol. The zero-order chi connectivity index (χ0) is 15.4. The molecule has 5 heteroatoms. The van der Waals surface area contributed by atoms with Crippen LogP contribution in [0.4, 0.5) is 5.69 Å². The summed E-state index contributed by atoms with van der Waals surface area (Å²) in [5, 5.41) is 0.651. The minimum absolute atomic E-state index is 0.108. The minimum Gasteiger partial charge on any atom is -0.337 e. The number of hydrogen-bond donors (Lipinski definition) is 2. The summed E-state index contributed by atoms with van der Waals surface area (Å²) in [7, 11) is 1.74. The first-order chi connectivity index (χ1) is 10.0. The number of anilines is 1. The summed E-state index contributed by atoms with van der Waals surface area (Å²) in [5.74, 6) is 5.38. The van der Waals surface area contributed by atoms with Crippen molar-refractivity contribution in [2.75, 3.05) is 12.5 Å². The number of nitrogens with two attached hydrogens (primary N) is 1. The van der Waals surface area contributed by atoms with Crippen molar-refractivity contribution in [3.63, 3.8) is 0 Å². The van der Waals surface area contributed by atoms with Crippen molar-refractivity contribution in [1.82, 2.24) is 4.90 Å². The normalized spacial score (nSPS) is 10.3. The zero-order valence-electron chi connectivity index (χ0n) is 12.1. The van der Waals surface area contributed by atoms with Gasteiger partial charge in [0.05, 0.1) is 11.3 Å². The predicted octanol–water partition coefficient (Wildman–Crippen LogP) is 3.21. The van der Waals surface area contributed by atoms with Crippen LogP contribution in [0.15, 0.2) is 42.5 Å². The number of nitrogens with zero attached hydrogens (tertiary/aromatic N) is 1. The molecule has 0 radical (unpaired) electrons. The SMILES string of the molecule is Cc1ccc(C(=O)N(C)Cc2ccccc2Cl)c(NN)c1. The number of hydrazine groups is 1. The van der Waals surface area contributed by atoms with Gasteiger partial charge in [-0.1, -0.05) is 35.9 Å². The molecule has 0 aliphatic heterocycles. The van der Waals surface area contributed by atoms with Crippen LogP contribution < -0.4 is 11.3 Å². The summed E-state index contributed by atoms with van der Waals surface area (Å²) < 4.78 is 0. The monoisotopic (exact) mass is 303 g/mol. The summed E-state index contributed by atoms with van der Waals surface area (Å²) in [6.45, 7) is 2.39. The first-order valence-electron chi connectivity index (χ1n) is 6.59. The molecule has 3 N–H and O–H groups in total. The fourth-order valence-electron chi connectivity index (χ4n) is 2.12. The Labute approximate surface area is 129 Å². The smallest absolute Gasteiger partial charge is 0.256 e. The first-order valence-corrected chi connectivity index (χ1v) is 6.97. The van der Waals surface area contributed by atoms with E-state index in [4.69, 9.17) is 17.4 Å². The summed E-state index contributed by atoms with van der Waals surface area (Å²) in [5.41, 5.74) is 5.67. The molecule has 0 saturated heterocycles. The molecule has 2 rings (SSSR count). The van der Waals surface area contributed by atoms with Crippen LogP contribution in [0.1, 0.15) is 21.5 Å². The van der Waals surface area contributed by atoms with E-state index in [1.54, 1.807) is 18.0 Å². The number of halogens is 1. The highest BCUT2D eigenvalue weighted by atomic mass is 35.5. The van der Waals surface area contributed by atoms with Crippen molar-refractivity contribution in [1.29, 1.82) is 0 Å². The van der Waals surface area contributed by atoms with E-state index >= 15 is 0 Å². The van der Waals surface area contributed by atoms with E-state index in [2.05, 4.69) is 5.43 Å². The number of rotatable bonds is 4. The van der Waals surface area contributed by atoms with Gasteiger partial charge < -0.3 is 10.3 Å². The average Bonchev–Trinajstić information content (AvgIpc) is 2.48. The molecule has 2 aromatic rings. The Bertz CT molecular complexity index is 658. The quantitative estimate of drug-likeness (QED) is 0.673. The molecular formula is C16H18ClN3O. The van der Waals surface area contributed by atoms with Gasteiger partial charge in [0.25, 0.3) is 5.91 Å². The average molecular weight is 304 g/mol. The number of hydrogen-bond acceptors (Lipinski definition) is 3. The van der Waals surface area contributed by atoms with E-state index in [-0.39, 0.29) is 5.91 Å². The number of benzene rings is 2. The predicted molar refractivity (Wildman–Crippen MR) is 86.2 cm³/mol. The third kappa shape index (κ3) is 3.54. The molecule has 110 valence electrons. The number of carbonyl (C=O) groups excluding carboxylic acids is 1. The van der Waals surface area contributed by atoms with Gasteiger partial charge in [-0.05, 0) is 36.2 Å². The van der Waals surface area contributed by atoms with E-state index in [1.807, 2.05) is 43.3 Å². The van der Waals surface area contributed by atoms with Crippen LogP contribution >= 0.6 is 11.6 Å². The Kier molecular flexibility index (Phi) is 4.83. The van der Waals surface area contributed by atoms with Crippen LogP contribution in [0, 0.1) is 6.92 Å². The molecule has 0 fully saturated rings. The molecule has 2 aromatic carbocycles. The molecule has 21 heavy (non-hydrogen) atoms. The van der Waals surface area contributed by atoms with Gasteiger partial charge in [-0.2, -0.15) is 0 Å². The molecule has 4 nitrogen and oxygen atoms in total. The van der Waals surface area contributed by atoms with Crippen LogP contribution in [0.3, 0.4) is 0 Å². The minimum atomic E-state index is -0.108. The van der Waals surface area contributed by atoms with Crippen molar-refractivity contribution in [2.24, 2.45) is 5.84 Å². The Morgan fingerprint density at radius 1 is 1.29 bits per heavy atom. The molecule has 0 aromatic heterocycles. The first kappa shape index (κ1) is 15.4. The standard InChI is InChI=1S/C16H18ClN3O/c1-11-7-8-13(15(9-11)19-18)16(21)20(2)10-12-5-3-4-6-14(12)17/h3-9,19H,10,18H2,1-2H3. The highest BCUT2D eigenvalue weighted by Crippen LogP contribution is 2.21. The Morgan fingerprint density at radius 2 is 2.00 bits per heavy atom. The van der Waals surface area contributed by atoms with E-state index in [1.165, 1.54) is 0 Å². The molecule has 1 amide bonds. The van der Waals surface area contributed by atoms with Crippen LogP contribution in [0.5, 0.6) is 0 Å². The van der Waals surface area contributed by atoms with Gasteiger partial charge in [-0.15, -0.1) is 0 Å². The van der Waals surface area contributed by atoms with Gasteiger partial charge in [0.15, 0.2) is 0 Å². The lowest BCUT2D eigenvalue weighted by molar-refractivity contribution is 0.0786. The van der Waals surface area contributed by atoms with Crippen molar-refractivity contribution in [3.8, 4) is 0 Å². The number of aryl methyl sites for hydroxylation is 1. The van der Waals surface area contributed by atoms with Crippen LogP contribution in [-0.2, 0) is 6.54 Å². The van der Waals surface area contributed by atoms with Crippen LogP contribution in [0.25, 0.3) is 0 Å². The molecule has 0 heterocycles. The Hall–Kier alpha value is -2.04. The maximum Gasteiger partial charge on any atom is 0.256 e. The molecule has 0 spiro atoms. The Balaban J connectivity index is 2.22. The largest absolute Gasteiger partial charge is 0.337 e. The van der Waals surface area contributed by atoms with Gasteiger partial charge >= 0.3 is 0 Å². The van der Waals surface area contributed by atoms with E-state index in [9.17, 15) is 4.79 Å². The molecule has 0 unspecified atom stereocenters. The second kappa shape index (κ2) is 6.61. The van der Waals surface area contributed by atoms with Crippen molar-refractivity contribution in [3.05, 3.63) is 64.2 Å². The van der Waals surface area contributed by atoms with Gasteiger partial charge in [0, 0.05) is 18.6 Å². The van der Waals surface area contributed by atoms with Gasteiger partial charge in [-0.3, -0.25) is 10.6 Å². The van der Waals surface area contributed by atoms with Gasteiger partial charge in [-0.25, -0.2) is 0 Å². The lowest BCUT2D eigenvalue weighted by Gasteiger charge is -2.20. The van der Waals surface area contributed by atoms with E-state index in [0.29, 0.717) is 22.8 Å². The van der Waals surface area contributed by atoms with Crippen molar-refractivity contribution >= 4 is 23.2 Å². The third-order valence-electron chi connectivity index (χ3n) is 3.27. The van der Waals surface area contributed by atoms with Crippen LogP contribution in [0.2, 0.25) is 5.02 Å². The Morgan fingerprint density at radius 3 is 2.67 bits per heavy atom.